The maximum absolute atomic E-state index is 6.01. The second-order valence-corrected chi connectivity index (χ2v) is 6.41. The van der Waals surface area contributed by atoms with E-state index in [0.717, 1.165) is 17.1 Å². The Bertz CT molecular complexity index is 556. The van der Waals surface area contributed by atoms with E-state index >= 15 is 0 Å². The van der Waals surface area contributed by atoms with Crippen LogP contribution in [-0.4, -0.2) is 34.1 Å². The van der Waals surface area contributed by atoms with Gasteiger partial charge in [0.1, 0.15) is 0 Å². The van der Waals surface area contributed by atoms with Gasteiger partial charge in [-0.25, -0.2) is 4.98 Å². The molecule has 3 nitrogen and oxygen atoms in total. The third-order valence-electron chi connectivity index (χ3n) is 4.11. The highest BCUT2D eigenvalue weighted by atomic mass is 35.5. The smallest absolute Gasteiger partial charge is 0.0958 e. The number of fused-ring (bicyclic) bond motifs is 1. The highest BCUT2D eigenvalue weighted by Crippen LogP contribution is 2.18. The molecule has 0 saturated carbocycles. The molecule has 122 valence electrons. The van der Waals surface area contributed by atoms with Crippen LogP contribution in [-0.2, 0) is 6.54 Å². The lowest BCUT2D eigenvalue weighted by Crippen LogP contribution is -2.27. The van der Waals surface area contributed by atoms with E-state index in [4.69, 9.17) is 11.6 Å². The van der Waals surface area contributed by atoms with Gasteiger partial charge in [0, 0.05) is 11.6 Å². The molecule has 0 atom stereocenters. The first-order chi connectivity index (χ1) is 10.7. The molecule has 0 bridgehead atoms. The number of unbranched alkanes of at least 4 members (excludes halogenated alkanes) is 2. The zero-order valence-corrected chi connectivity index (χ0v) is 14.6. The minimum absolute atomic E-state index is 0.753. The highest BCUT2D eigenvalue weighted by molar-refractivity contribution is 6.31. The average Bonchev–Trinajstić information content (AvgIpc) is 2.91. The van der Waals surface area contributed by atoms with E-state index in [1.54, 1.807) is 0 Å². The Hall–Kier alpha value is -1.06. The maximum Gasteiger partial charge on any atom is 0.0958 e. The van der Waals surface area contributed by atoms with Crippen LogP contribution in [0.25, 0.3) is 11.0 Å². The maximum atomic E-state index is 6.01. The number of rotatable bonds is 10. The van der Waals surface area contributed by atoms with Gasteiger partial charge in [-0.05, 0) is 57.1 Å². The summed E-state index contributed by atoms with van der Waals surface area (Å²) >= 11 is 6.01. The molecule has 0 aliphatic rings. The minimum atomic E-state index is 0.753. The molecule has 0 radical (unpaired) electrons. The van der Waals surface area contributed by atoms with Gasteiger partial charge in [-0.3, -0.25) is 0 Å². The molecule has 1 aromatic carbocycles. The number of aromatic nitrogens is 2. The van der Waals surface area contributed by atoms with Crippen LogP contribution in [0.5, 0.6) is 0 Å². The number of imidazole rings is 1. The van der Waals surface area contributed by atoms with E-state index in [-0.39, 0.29) is 0 Å². The summed E-state index contributed by atoms with van der Waals surface area (Å²) < 4.78 is 2.24. The van der Waals surface area contributed by atoms with Crippen LogP contribution in [0.15, 0.2) is 24.5 Å². The number of hydrogen-bond acceptors (Lipinski definition) is 2. The number of hydrogen-bond donors (Lipinski definition) is 0. The average molecular weight is 322 g/mol. The Morgan fingerprint density at radius 3 is 2.41 bits per heavy atom. The molecule has 0 fully saturated rings. The predicted molar refractivity (Wildman–Crippen MR) is 95.6 cm³/mol. The zero-order chi connectivity index (χ0) is 15.8. The Labute approximate surface area is 139 Å². The van der Waals surface area contributed by atoms with Gasteiger partial charge in [-0.2, -0.15) is 0 Å². The first-order valence-electron chi connectivity index (χ1n) is 8.57. The van der Waals surface area contributed by atoms with Gasteiger partial charge >= 0.3 is 0 Å². The summed E-state index contributed by atoms with van der Waals surface area (Å²) in [5.41, 5.74) is 2.17. The van der Waals surface area contributed by atoms with Gasteiger partial charge in [-0.15, -0.1) is 0 Å². The Morgan fingerprint density at radius 1 is 1.05 bits per heavy atom. The van der Waals surface area contributed by atoms with Gasteiger partial charge in [0.25, 0.3) is 0 Å². The SMILES string of the molecule is CCCCN(CCCC)CCCn1cnc2cc(Cl)ccc21. The van der Waals surface area contributed by atoms with Crippen molar-refractivity contribution in [2.45, 2.75) is 52.5 Å². The lowest BCUT2D eigenvalue weighted by atomic mass is 10.2. The monoisotopic (exact) mass is 321 g/mol. The van der Waals surface area contributed by atoms with Crippen molar-refractivity contribution in [3.63, 3.8) is 0 Å². The van der Waals surface area contributed by atoms with Crippen molar-refractivity contribution >= 4 is 22.6 Å². The molecule has 0 aliphatic heterocycles. The molecule has 0 saturated heterocycles. The topological polar surface area (TPSA) is 21.1 Å². The van der Waals surface area contributed by atoms with Crippen LogP contribution < -0.4 is 0 Å². The predicted octanol–water partition coefficient (Wildman–Crippen LogP) is 4.98. The third kappa shape index (κ3) is 4.99. The number of aryl methyl sites for hydroxylation is 1. The molecule has 1 heterocycles. The number of benzene rings is 1. The number of nitrogens with zero attached hydrogens (tertiary/aromatic N) is 3. The standard InChI is InChI=1S/C18H28ClN3/c1-3-5-10-21(11-6-4-2)12-7-13-22-15-20-17-14-16(19)8-9-18(17)22/h8-9,14-15H,3-7,10-13H2,1-2H3. The number of halogens is 1. The van der Waals surface area contributed by atoms with Gasteiger partial charge in [0.15, 0.2) is 0 Å². The molecule has 0 aliphatic carbocycles. The van der Waals surface area contributed by atoms with E-state index in [2.05, 4.69) is 34.4 Å². The lowest BCUT2D eigenvalue weighted by Gasteiger charge is -2.22. The fraction of sp³-hybridized carbons (Fsp3) is 0.611. The fourth-order valence-electron chi connectivity index (χ4n) is 2.78. The van der Waals surface area contributed by atoms with E-state index < -0.39 is 0 Å². The van der Waals surface area contributed by atoms with Crippen LogP contribution in [0.4, 0.5) is 0 Å². The minimum Gasteiger partial charge on any atom is -0.331 e. The molecule has 4 heteroatoms. The second kappa shape index (κ2) is 9.16. The normalized spacial score (nSPS) is 11.6. The molecule has 22 heavy (non-hydrogen) atoms. The summed E-state index contributed by atoms with van der Waals surface area (Å²) in [5.74, 6) is 0. The van der Waals surface area contributed by atoms with Crippen molar-refractivity contribution in [1.29, 1.82) is 0 Å². The van der Waals surface area contributed by atoms with Crippen molar-refractivity contribution < 1.29 is 0 Å². The fourth-order valence-corrected chi connectivity index (χ4v) is 2.94. The van der Waals surface area contributed by atoms with E-state index in [0.29, 0.717) is 0 Å². The van der Waals surface area contributed by atoms with Crippen molar-refractivity contribution in [3.8, 4) is 0 Å². The Morgan fingerprint density at radius 2 is 1.73 bits per heavy atom. The van der Waals surface area contributed by atoms with Crippen LogP contribution in [0, 0.1) is 0 Å². The largest absolute Gasteiger partial charge is 0.331 e. The Kier molecular flexibility index (Phi) is 7.20. The van der Waals surface area contributed by atoms with Crippen molar-refractivity contribution in [1.82, 2.24) is 14.5 Å². The highest BCUT2D eigenvalue weighted by Gasteiger charge is 2.06. The van der Waals surface area contributed by atoms with Crippen LogP contribution >= 0.6 is 11.6 Å². The molecular weight excluding hydrogens is 294 g/mol. The van der Waals surface area contributed by atoms with E-state index in [9.17, 15) is 0 Å². The van der Waals surface area contributed by atoms with Crippen LogP contribution in [0.3, 0.4) is 0 Å². The van der Waals surface area contributed by atoms with E-state index in [1.165, 1.54) is 57.3 Å². The van der Waals surface area contributed by atoms with Gasteiger partial charge in [0.2, 0.25) is 0 Å². The summed E-state index contributed by atoms with van der Waals surface area (Å²) in [6.45, 7) is 9.19. The summed E-state index contributed by atoms with van der Waals surface area (Å²) in [7, 11) is 0. The van der Waals surface area contributed by atoms with Gasteiger partial charge < -0.3 is 9.47 Å². The molecule has 2 aromatic rings. The Balaban J connectivity index is 1.87. The molecule has 0 unspecified atom stereocenters. The van der Waals surface area contributed by atoms with Crippen molar-refractivity contribution in [3.05, 3.63) is 29.5 Å². The summed E-state index contributed by atoms with van der Waals surface area (Å²) in [5, 5.41) is 0.753. The molecule has 0 spiro atoms. The molecule has 1 aromatic heterocycles. The second-order valence-electron chi connectivity index (χ2n) is 5.97. The van der Waals surface area contributed by atoms with Crippen LogP contribution in [0.1, 0.15) is 46.0 Å². The van der Waals surface area contributed by atoms with Crippen LogP contribution in [0.2, 0.25) is 5.02 Å². The quantitative estimate of drug-likeness (QED) is 0.615. The van der Waals surface area contributed by atoms with Gasteiger partial charge in [0.05, 0.1) is 17.4 Å². The molecule has 0 amide bonds. The summed E-state index contributed by atoms with van der Waals surface area (Å²) in [6, 6.07) is 5.94. The van der Waals surface area contributed by atoms with E-state index in [1.807, 2.05) is 18.5 Å². The first-order valence-corrected chi connectivity index (χ1v) is 8.95. The first kappa shape index (κ1) is 17.3. The molecule has 0 N–H and O–H groups in total. The summed E-state index contributed by atoms with van der Waals surface area (Å²) in [4.78, 5) is 7.06. The van der Waals surface area contributed by atoms with Gasteiger partial charge in [-0.1, -0.05) is 38.3 Å². The summed E-state index contributed by atoms with van der Waals surface area (Å²) in [6.07, 6.45) is 8.25. The third-order valence-corrected chi connectivity index (χ3v) is 4.35. The van der Waals surface area contributed by atoms with Crippen molar-refractivity contribution in [2.75, 3.05) is 19.6 Å². The molecular formula is C18H28ClN3. The van der Waals surface area contributed by atoms with Crippen molar-refractivity contribution in [2.24, 2.45) is 0 Å². The zero-order valence-electron chi connectivity index (χ0n) is 13.9. The lowest BCUT2D eigenvalue weighted by molar-refractivity contribution is 0.257. The molecule has 2 rings (SSSR count).